The summed E-state index contributed by atoms with van der Waals surface area (Å²) in [7, 11) is -2.23. The fourth-order valence-corrected chi connectivity index (χ4v) is 4.63. The SMILES string of the molecule is COc1ccc(S(=O)(=O)Nc2ccc(Oc3cc[nH]c3C(C)(C)C)c3ccccc23)cc1. The second-order valence-corrected chi connectivity index (χ2v) is 10.2. The van der Waals surface area contributed by atoms with Crippen LogP contribution in [0.25, 0.3) is 10.8 Å². The van der Waals surface area contributed by atoms with Crippen molar-refractivity contribution in [1.82, 2.24) is 4.98 Å². The van der Waals surface area contributed by atoms with Gasteiger partial charge in [0.1, 0.15) is 17.2 Å². The van der Waals surface area contributed by atoms with Gasteiger partial charge in [0, 0.05) is 22.4 Å². The van der Waals surface area contributed by atoms with E-state index >= 15 is 0 Å². The van der Waals surface area contributed by atoms with E-state index in [4.69, 9.17) is 9.47 Å². The van der Waals surface area contributed by atoms with Gasteiger partial charge in [0.15, 0.2) is 0 Å². The Labute approximate surface area is 188 Å². The van der Waals surface area contributed by atoms with Crippen LogP contribution in [0.2, 0.25) is 0 Å². The summed E-state index contributed by atoms with van der Waals surface area (Å²) in [5.41, 5.74) is 1.36. The molecule has 6 nitrogen and oxygen atoms in total. The molecule has 0 saturated heterocycles. The van der Waals surface area contributed by atoms with Gasteiger partial charge in [-0.25, -0.2) is 8.42 Å². The van der Waals surface area contributed by atoms with E-state index in [0.717, 1.165) is 22.2 Å². The second-order valence-electron chi connectivity index (χ2n) is 8.51. The van der Waals surface area contributed by atoms with Gasteiger partial charge in [0.05, 0.1) is 23.4 Å². The van der Waals surface area contributed by atoms with Gasteiger partial charge in [0.2, 0.25) is 0 Å². The highest BCUT2D eigenvalue weighted by Gasteiger charge is 2.22. The van der Waals surface area contributed by atoms with Crippen LogP contribution < -0.4 is 14.2 Å². The van der Waals surface area contributed by atoms with Crippen molar-refractivity contribution in [2.75, 3.05) is 11.8 Å². The van der Waals surface area contributed by atoms with E-state index in [1.807, 2.05) is 36.5 Å². The van der Waals surface area contributed by atoms with E-state index in [1.54, 1.807) is 24.3 Å². The lowest BCUT2D eigenvalue weighted by molar-refractivity contribution is 0.414. The van der Waals surface area contributed by atoms with Gasteiger partial charge in [-0.15, -0.1) is 0 Å². The zero-order valence-corrected chi connectivity index (χ0v) is 19.3. The predicted octanol–water partition coefficient (Wildman–Crippen LogP) is 6.07. The maximum atomic E-state index is 13.0. The average Bonchev–Trinajstić information content (AvgIpc) is 3.24. The minimum Gasteiger partial charge on any atom is -0.497 e. The van der Waals surface area contributed by atoms with Crippen LogP contribution in [0.15, 0.2) is 77.8 Å². The van der Waals surface area contributed by atoms with Crippen molar-refractivity contribution in [2.45, 2.75) is 31.1 Å². The number of ether oxygens (including phenoxy) is 2. The molecule has 0 fully saturated rings. The first-order valence-electron chi connectivity index (χ1n) is 10.2. The normalized spacial score (nSPS) is 12.0. The summed E-state index contributed by atoms with van der Waals surface area (Å²) < 4.78 is 40.0. The molecule has 2 N–H and O–H groups in total. The lowest BCUT2D eigenvalue weighted by Crippen LogP contribution is -2.13. The van der Waals surface area contributed by atoms with Crippen LogP contribution >= 0.6 is 0 Å². The minimum absolute atomic E-state index is 0.109. The minimum atomic E-state index is -3.77. The van der Waals surface area contributed by atoms with Crippen molar-refractivity contribution < 1.29 is 17.9 Å². The van der Waals surface area contributed by atoms with E-state index in [9.17, 15) is 8.42 Å². The van der Waals surface area contributed by atoms with Crippen molar-refractivity contribution in [3.05, 3.63) is 78.6 Å². The molecule has 0 spiro atoms. The van der Waals surface area contributed by atoms with Crippen LogP contribution in [-0.4, -0.2) is 20.5 Å². The maximum Gasteiger partial charge on any atom is 0.261 e. The maximum absolute atomic E-state index is 13.0. The largest absolute Gasteiger partial charge is 0.497 e. The Kier molecular flexibility index (Phi) is 5.60. The molecular weight excluding hydrogens is 424 g/mol. The molecule has 0 saturated carbocycles. The summed E-state index contributed by atoms with van der Waals surface area (Å²) in [6, 6.07) is 19.2. The van der Waals surface area contributed by atoms with Crippen LogP contribution in [0.5, 0.6) is 17.2 Å². The predicted molar refractivity (Wildman–Crippen MR) is 127 cm³/mol. The Balaban J connectivity index is 1.70. The fraction of sp³-hybridized carbons (Fsp3) is 0.200. The van der Waals surface area contributed by atoms with Crippen molar-refractivity contribution in [1.29, 1.82) is 0 Å². The van der Waals surface area contributed by atoms with Crippen LogP contribution in [-0.2, 0) is 15.4 Å². The van der Waals surface area contributed by atoms with Crippen LogP contribution in [0.1, 0.15) is 26.5 Å². The van der Waals surface area contributed by atoms with Gasteiger partial charge in [0.25, 0.3) is 10.0 Å². The van der Waals surface area contributed by atoms with E-state index in [2.05, 4.69) is 30.5 Å². The number of benzene rings is 3. The molecule has 1 aromatic heterocycles. The van der Waals surface area contributed by atoms with E-state index < -0.39 is 10.0 Å². The third-order valence-corrected chi connectivity index (χ3v) is 6.56. The Hall–Kier alpha value is -3.45. The van der Waals surface area contributed by atoms with E-state index in [-0.39, 0.29) is 10.3 Å². The van der Waals surface area contributed by atoms with Gasteiger partial charge in [-0.2, -0.15) is 0 Å². The molecule has 4 rings (SSSR count). The topological polar surface area (TPSA) is 80.4 Å². The van der Waals surface area contributed by atoms with E-state index in [1.165, 1.54) is 19.2 Å². The number of aromatic nitrogens is 1. The second kappa shape index (κ2) is 8.24. The molecule has 0 bridgehead atoms. The molecule has 0 unspecified atom stereocenters. The van der Waals surface area contributed by atoms with Crippen molar-refractivity contribution in [2.24, 2.45) is 0 Å². The van der Waals surface area contributed by atoms with Gasteiger partial charge >= 0.3 is 0 Å². The number of rotatable bonds is 6. The molecule has 4 aromatic rings. The number of hydrogen-bond donors (Lipinski definition) is 2. The first-order chi connectivity index (χ1) is 15.2. The lowest BCUT2D eigenvalue weighted by Gasteiger charge is -2.20. The molecule has 0 radical (unpaired) electrons. The van der Waals surface area contributed by atoms with Crippen LogP contribution in [0, 0.1) is 0 Å². The van der Waals surface area contributed by atoms with Gasteiger partial charge in [-0.3, -0.25) is 4.72 Å². The molecule has 166 valence electrons. The molecule has 0 amide bonds. The van der Waals surface area contributed by atoms with Gasteiger partial charge in [-0.05, 0) is 42.5 Å². The molecule has 0 aliphatic carbocycles. The number of methoxy groups -OCH3 is 1. The molecule has 1 heterocycles. The van der Waals surface area contributed by atoms with Crippen LogP contribution in [0.3, 0.4) is 0 Å². The Morgan fingerprint density at radius 3 is 2.19 bits per heavy atom. The Morgan fingerprint density at radius 1 is 0.844 bits per heavy atom. The molecule has 0 atom stereocenters. The quantitative estimate of drug-likeness (QED) is 0.374. The number of nitrogens with one attached hydrogen (secondary N) is 2. The van der Waals surface area contributed by atoms with Gasteiger partial charge < -0.3 is 14.5 Å². The third-order valence-electron chi connectivity index (χ3n) is 5.18. The Morgan fingerprint density at radius 2 is 1.53 bits per heavy atom. The van der Waals surface area contributed by atoms with E-state index in [0.29, 0.717) is 17.2 Å². The highest BCUT2D eigenvalue weighted by atomic mass is 32.2. The average molecular weight is 451 g/mol. The standard InChI is InChI=1S/C25H26N2O4S/c1-25(2,3)24-23(15-16-26-24)31-22-14-13-21(19-7-5-6-8-20(19)22)27-32(28,29)18-11-9-17(30-4)10-12-18/h5-16,26-27H,1-4H3. The zero-order chi connectivity index (χ0) is 22.9. The number of anilines is 1. The van der Waals surface area contributed by atoms with Gasteiger partial charge in [-0.1, -0.05) is 45.0 Å². The summed E-state index contributed by atoms with van der Waals surface area (Å²) >= 11 is 0. The zero-order valence-electron chi connectivity index (χ0n) is 18.5. The fourth-order valence-electron chi connectivity index (χ4n) is 3.55. The monoisotopic (exact) mass is 450 g/mol. The molecule has 32 heavy (non-hydrogen) atoms. The third kappa shape index (κ3) is 4.29. The highest BCUT2D eigenvalue weighted by Crippen LogP contribution is 2.38. The van der Waals surface area contributed by atoms with Crippen molar-refractivity contribution in [3.8, 4) is 17.2 Å². The molecule has 3 aromatic carbocycles. The van der Waals surface area contributed by atoms with Crippen molar-refractivity contribution in [3.63, 3.8) is 0 Å². The smallest absolute Gasteiger partial charge is 0.261 e. The summed E-state index contributed by atoms with van der Waals surface area (Å²) in [5.74, 6) is 1.99. The summed E-state index contributed by atoms with van der Waals surface area (Å²) in [5, 5.41) is 1.55. The first-order valence-corrected chi connectivity index (χ1v) is 11.7. The molecule has 0 aliphatic rings. The summed E-state index contributed by atoms with van der Waals surface area (Å²) in [4.78, 5) is 3.41. The number of sulfonamides is 1. The van der Waals surface area contributed by atoms with Crippen molar-refractivity contribution >= 4 is 26.5 Å². The summed E-state index contributed by atoms with van der Waals surface area (Å²) in [6.07, 6.45) is 1.86. The number of aromatic amines is 1. The number of hydrogen-bond acceptors (Lipinski definition) is 4. The first kappa shape index (κ1) is 21.8. The molecular formula is C25H26N2O4S. The van der Waals surface area contributed by atoms with Crippen LogP contribution in [0.4, 0.5) is 5.69 Å². The Bertz CT molecular complexity index is 1350. The highest BCUT2D eigenvalue weighted by molar-refractivity contribution is 7.92. The lowest BCUT2D eigenvalue weighted by atomic mass is 9.92. The number of H-pyrrole nitrogens is 1. The molecule has 7 heteroatoms. The number of fused-ring (bicyclic) bond motifs is 1. The molecule has 0 aliphatic heterocycles. The summed E-state index contributed by atoms with van der Waals surface area (Å²) in [6.45, 7) is 6.34.